The Morgan fingerprint density at radius 3 is 2.81 bits per heavy atom. The van der Waals surface area contributed by atoms with Crippen molar-refractivity contribution in [2.45, 2.75) is 44.7 Å². The first-order valence-corrected chi connectivity index (χ1v) is 8.36. The smallest absolute Gasteiger partial charge is 0.234 e. The Kier molecular flexibility index (Phi) is 3.46. The maximum atomic E-state index is 12.3. The van der Waals surface area contributed by atoms with Crippen LogP contribution in [0.4, 0.5) is 0 Å². The van der Waals surface area contributed by atoms with Crippen molar-refractivity contribution in [1.82, 2.24) is 10.2 Å². The van der Waals surface area contributed by atoms with E-state index < -0.39 is 0 Å². The van der Waals surface area contributed by atoms with E-state index in [2.05, 4.69) is 34.5 Å². The Morgan fingerprint density at radius 1 is 1.19 bits per heavy atom. The molecular weight excluding hydrogens is 260 g/mol. The number of carbonyl (C=O) groups excluding carboxylic acids is 1. The third kappa shape index (κ3) is 2.71. The van der Waals surface area contributed by atoms with E-state index in [0.717, 1.165) is 31.3 Å². The minimum absolute atomic E-state index is 0.229. The highest BCUT2D eigenvalue weighted by atomic mass is 16.2. The summed E-state index contributed by atoms with van der Waals surface area (Å²) in [7, 11) is 0. The van der Waals surface area contributed by atoms with Crippen LogP contribution in [0, 0.1) is 11.8 Å². The maximum absolute atomic E-state index is 12.3. The number of hydrogen-bond acceptors (Lipinski definition) is 2. The second-order valence-corrected chi connectivity index (χ2v) is 7.08. The standard InChI is InChI=1S/C18H24N2O/c21-18(19-17-10-13-5-6-15(17)9-13)12-20-8-7-14-3-1-2-4-16(14)11-20/h1-4,13,15,17H,5-12H2,(H,19,21)/t13-,15-,17-/m1/s1. The van der Waals surface area contributed by atoms with Gasteiger partial charge in [0.1, 0.15) is 0 Å². The van der Waals surface area contributed by atoms with Crippen molar-refractivity contribution in [3.05, 3.63) is 35.4 Å². The van der Waals surface area contributed by atoms with Gasteiger partial charge in [0.05, 0.1) is 6.54 Å². The summed E-state index contributed by atoms with van der Waals surface area (Å²) in [6, 6.07) is 9.07. The van der Waals surface area contributed by atoms with Crippen LogP contribution in [0.25, 0.3) is 0 Å². The molecule has 1 aromatic carbocycles. The summed E-state index contributed by atoms with van der Waals surface area (Å²) < 4.78 is 0. The topological polar surface area (TPSA) is 32.3 Å². The van der Waals surface area contributed by atoms with Crippen molar-refractivity contribution >= 4 is 5.91 Å². The van der Waals surface area contributed by atoms with Gasteiger partial charge in [-0.3, -0.25) is 9.69 Å². The second-order valence-electron chi connectivity index (χ2n) is 7.08. The lowest BCUT2D eigenvalue weighted by molar-refractivity contribution is -0.123. The number of fused-ring (bicyclic) bond motifs is 3. The number of rotatable bonds is 3. The summed E-state index contributed by atoms with van der Waals surface area (Å²) in [6.45, 7) is 2.48. The van der Waals surface area contributed by atoms with Crippen LogP contribution in [0.5, 0.6) is 0 Å². The minimum Gasteiger partial charge on any atom is -0.352 e. The number of hydrogen-bond donors (Lipinski definition) is 1. The first kappa shape index (κ1) is 13.3. The van der Waals surface area contributed by atoms with Crippen LogP contribution in [0.1, 0.15) is 36.8 Å². The summed E-state index contributed by atoms with van der Waals surface area (Å²) in [5, 5.41) is 3.30. The highest BCUT2D eigenvalue weighted by Crippen LogP contribution is 2.44. The third-order valence-corrected chi connectivity index (χ3v) is 5.66. The van der Waals surface area contributed by atoms with Crippen LogP contribution < -0.4 is 5.32 Å². The molecule has 1 N–H and O–H groups in total. The largest absolute Gasteiger partial charge is 0.352 e. The van der Waals surface area contributed by atoms with Crippen molar-refractivity contribution < 1.29 is 4.79 Å². The molecular formula is C18H24N2O. The maximum Gasteiger partial charge on any atom is 0.234 e. The predicted molar refractivity (Wildman–Crippen MR) is 82.8 cm³/mol. The molecule has 1 heterocycles. The zero-order valence-corrected chi connectivity index (χ0v) is 12.6. The fourth-order valence-electron chi connectivity index (χ4n) is 4.57. The van der Waals surface area contributed by atoms with E-state index >= 15 is 0 Å². The van der Waals surface area contributed by atoms with Gasteiger partial charge in [0.15, 0.2) is 0 Å². The zero-order chi connectivity index (χ0) is 14.2. The first-order chi connectivity index (χ1) is 10.3. The van der Waals surface area contributed by atoms with Crippen LogP contribution >= 0.6 is 0 Å². The van der Waals surface area contributed by atoms with E-state index in [0.29, 0.717) is 12.6 Å². The molecule has 3 aliphatic rings. The average Bonchev–Trinajstić information content (AvgIpc) is 3.09. The van der Waals surface area contributed by atoms with E-state index in [1.807, 2.05) is 0 Å². The van der Waals surface area contributed by atoms with E-state index in [-0.39, 0.29) is 5.91 Å². The highest BCUT2D eigenvalue weighted by molar-refractivity contribution is 5.78. The van der Waals surface area contributed by atoms with E-state index in [4.69, 9.17) is 0 Å². The van der Waals surface area contributed by atoms with Gasteiger partial charge in [-0.25, -0.2) is 0 Å². The SMILES string of the molecule is O=C(CN1CCc2ccccc2C1)N[C@@H]1C[C@@H]2CC[C@@H]1C2. The van der Waals surface area contributed by atoms with Crippen LogP contribution in [0.15, 0.2) is 24.3 Å². The van der Waals surface area contributed by atoms with Crippen molar-refractivity contribution in [1.29, 1.82) is 0 Å². The fourth-order valence-corrected chi connectivity index (χ4v) is 4.57. The molecule has 0 aromatic heterocycles. The van der Waals surface area contributed by atoms with E-state index in [1.165, 1.54) is 36.8 Å². The zero-order valence-electron chi connectivity index (χ0n) is 12.6. The van der Waals surface area contributed by atoms with Gasteiger partial charge in [-0.15, -0.1) is 0 Å². The molecule has 1 aliphatic heterocycles. The predicted octanol–water partition coefficient (Wildman–Crippen LogP) is 2.35. The Bertz CT molecular complexity index is 542. The molecule has 2 aliphatic carbocycles. The van der Waals surface area contributed by atoms with Gasteiger partial charge in [0.2, 0.25) is 5.91 Å². The third-order valence-electron chi connectivity index (χ3n) is 5.66. The molecule has 0 unspecified atom stereocenters. The van der Waals surface area contributed by atoms with Crippen LogP contribution in [-0.4, -0.2) is 29.9 Å². The number of carbonyl (C=O) groups is 1. The minimum atomic E-state index is 0.229. The molecule has 112 valence electrons. The molecule has 3 nitrogen and oxygen atoms in total. The normalized spacial score (nSPS) is 31.1. The molecule has 1 amide bonds. The summed E-state index contributed by atoms with van der Waals surface area (Å²) in [4.78, 5) is 14.6. The molecule has 0 radical (unpaired) electrons. The number of nitrogens with zero attached hydrogens (tertiary/aromatic N) is 1. The van der Waals surface area contributed by atoms with Crippen molar-refractivity contribution in [2.24, 2.45) is 11.8 Å². The van der Waals surface area contributed by atoms with Gasteiger partial charge in [0.25, 0.3) is 0 Å². The lowest BCUT2D eigenvalue weighted by Gasteiger charge is -2.29. The number of nitrogens with one attached hydrogen (secondary N) is 1. The van der Waals surface area contributed by atoms with Crippen LogP contribution in [0.2, 0.25) is 0 Å². The molecule has 0 saturated heterocycles. The molecule has 0 spiro atoms. The van der Waals surface area contributed by atoms with Gasteiger partial charge in [-0.05, 0) is 48.6 Å². The van der Waals surface area contributed by atoms with Gasteiger partial charge in [0, 0.05) is 19.1 Å². The lowest BCUT2D eigenvalue weighted by atomic mass is 9.95. The van der Waals surface area contributed by atoms with Crippen LogP contribution in [-0.2, 0) is 17.8 Å². The summed E-state index contributed by atoms with van der Waals surface area (Å²) in [6.07, 6.45) is 6.35. The summed E-state index contributed by atoms with van der Waals surface area (Å²) >= 11 is 0. The quantitative estimate of drug-likeness (QED) is 0.924. The number of amides is 1. The Balaban J connectivity index is 1.31. The van der Waals surface area contributed by atoms with Gasteiger partial charge >= 0.3 is 0 Å². The lowest BCUT2D eigenvalue weighted by Crippen LogP contribution is -2.45. The summed E-state index contributed by atoms with van der Waals surface area (Å²) in [5.74, 6) is 1.88. The highest BCUT2D eigenvalue weighted by Gasteiger charge is 2.40. The molecule has 2 saturated carbocycles. The monoisotopic (exact) mass is 284 g/mol. The molecule has 21 heavy (non-hydrogen) atoms. The fraction of sp³-hybridized carbons (Fsp3) is 0.611. The molecule has 3 heteroatoms. The van der Waals surface area contributed by atoms with Crippen LogP contribution in [0.3, 0.4) is 0 Å². The van der Waals surface area contributed by atoms with Gasteiger partial charge in [-0.1, -0.05) is 30.7 Å². The Hall–Kier alpha value is -1.35. The van der Waals surface area contributed by atoms with Gasteiger partial charge in [-0.2, -0.15) is 0 Å². The molecule has 4 rings (SSSR count). The Morgan fingerprint density at radius 2 is 2.05 bits per heavy atom. The molecule has 1 aromatic rings. The summed E-state index contributed by atoms with van der Waals surface area (Å²) in [5.41, 5.74) is 2.83. The molecule has 2 bridgehead atoms. The number of benzene rings is 1. The van der Waals surface area contributed by atoms with Crippen molar-refractivity contribution in [3.8, 4) is 0 Å². The average molecular weight is 284 g/mol. The van der Waals surface area contributed by atoms with Crippen molar-refractivity contribution in [3.63, 3.8) is 0 Å². The molecule has 2 fully saturated rings. The van der Waals surface area contributed by atoms with Crippen molar-refractivity contribution in [2.75, 3.05) is 13.1 Å². The van der Waals surface area contributed by atoms with E-state index in [1.54, 1.807) is 0 Å². The molecule has 3 atom stereocenters. The first-order valence-electron chi connectivity index (χ1n) is 8.36. The van der Waals surface area contributed by atoms with Gasteiger partial charge < -0.3 is 5.32 Å². The second kappa shape index (κ2) is 5.45. The van der Waals surface area contributed by atoms with E-state index in [9.17, 15) is 4.79 Å². The Labute approximate surface area is 126 Å².